The summed E-state index contributed by atoms with van der Waals surface area (Å²) >= 11 is 6.24. The Bertz CT molecular complexity index is 696. The van der Waals surface area contributed by atoms with E-state index in [0.717, 1.165) is 25.2 Å². The first kappa shape index (κ1) is 15.9. The van der Waals surface area contributed by atoms with E-state index < -0.39 is 4.92 Å². The molecule has 0 bridgehead atoms. The van der Waals surface area contributed by atoms with Gasteiger partial charge in [-0.05, 0) is 29.3 Å². The van der Waals surface area contributed by atoms with E-state index >= 15 is 0 Å². The summed E-state index contributed by atoms with van der Waals surface area (Å²) in [6.07, 6.45) is 3.56. The fourth-order valence-corrected chi connectivity index (χ4v) is 3.04. The zero-order chi connectivity index (χ0) is 16.2. The van der Waals surface area contributed by atoms with Crippen LogP contribution in [0.4, 0.5) is 5.69 Å². The minimum absolute atomic E-state index is 0.0694. The third kappa shape index (κ3) is 3.67. The predicted octanol–water partition coefficient (Wildman–Crippen LogP) is 2.79. The molecule has 1 aliphatic rings. The number of nitrogens with one attached hydrogen (secondary N) is 1. The van der Waals surface area contributed by atoms with Crippen molar-refractivity contribution in [3.8, 4) is 0 Å². The van der Waals surface area contributed by atoms with Gasteiger partial charge in [-0.25, -0.2) is 0 Å². The maximum absolute atomic E-state index is 11.0. The third-order valence-corrected chi connectivity index (χ3v) is 4.43. The van der Waals surface area contributed by atoms with Gasteiger partial charge in [-0.15, -0.1) is 0 Å². The second-order valence-electron chi connectivity index (χ2n) is 5.50. The maximum atomic E-state index is 11.0. The van der Waals surface area contributed by atoms with Crippen LogP contribution in [0.2, 0.25) is 5.02 Å². The van der Waals surface area contributed by atoms with Crippen molar-refractivity contribution < 1.29 is 4.92 Å². The number of aromatic nitrogens is 1. The van der Waals surface area contributed by atoms with Crippen molar-refractivity contribution in [2.45, 2.75) is 12.6 Å². The van der Waals surface area contributed by atoms with E-state index in [0.29, 0.717) is 11.6 Å². The normalized spacial score (nSPS) is 18.7. The van der Waals surface area contributed by atoms with Crippen LogP contribution in [0, 0.1) is 10.1 Å². The molecule has 6 nitrogen and oxygen atoms in total. The van der Waals surface area contributed by atoms with E-state index in [1.54, 1.807) is 24.5 Å². The molecule has 0 aliphatic carbocycles. The van der Waals surface area contributed by atoms with Crippen molar-refractivity contribution in [3.05, 3.63) is 69.0 Å². The second kappa shape index (κ2) is 7.04. The molecule has 1 unspecified atom stereocenters. The van der Waals surface area contributed by atoms with Crippen molar-refractivity contribution >= 4 is 17.3 Å². The molecule has 1 aliphatic heterocycles. The van der Waals surface area contributed by atoms with Crippen LogP contribution in [0.25, 0.3) is 0 Å². The first-order chi connectivity index (χ1) is 11.1. The molecule has 1 saturated heterocycles. The Morgan fingerprint density at radius 3 is 2.87 bits per heavy atom. The maximum Gasteiger partial charge on any atom is 0.269 e. The van der Waals surface area contributed by atoms with Gasteiger partial charge in [0.2, 0.25) is 0 Å². The number of nitrogens with zero attached hydrogens (tertiary/aromatic N) is 3. The van der Waals surface area contributed by atoms with Crippen LogP contribution in [-0.2, 0) is 6.54 Å². The van der Waals surface area contributed by atoms with Crippen molar-refractivity contribution in [2.24, 2.45) is 0 Å². The van der Waals surface area contributed by atoms with Crippen molar-refractivity contribution in [3.63, 3.8) is 0 Å². The summed E-state index contributed by atoms with van der Waals surface area (Å²) in [5.41, 5.74) is 2.02. The van der Waals surface area contributed by atoms with Crippen molar-refractivity contribution in [2.75, 3.05) is 19.6 Å². The Morgan fingerprint density at radius 2 is 2.13 bits per heavy atom. The molecule has 2 aromatic rings. The molecule has 1 aromatic carbocycles. The lowest BCUT2D eigenvalue weighted by atomic mass is 10.0. The molecule has 0 spiro atoms. The van der Waals surface area contributed by atoms with Gasteiger partial charge in [0.15, 0.2) is 0 Å². The summed E-state index contributed by atoms with van der Waals surface area (Å²) in [7, 11) is 0. The molecule has 3 rings (SSSR count). The van der Waals surface area contributed by atoms with Gasteiger partial charge in [0, 0.05) is 61.8 Å². The highest BCUT2D eigenvalue weighted by Gasteiger charge is 2.25. The van der Waals surface area contributed by atoms with E-state index in [2.05, 4.69) is 15.2 Å². The smallest absolute Gasteiger partial charge is 0.269 e. The number of pyridine rings is 1. The summed E-state index contributed by atoms with van der Waals surface area (Å²) in [6, 6.07) is 8.79. The topological polar surface area (TPSA) is 71.3 Å². The SMILES string of the molecule is O=[N+]([O-])c1ccc(Cl)c(CN2CCNCC2c2ccncc2)c1. The van der Waals surface area contributed by atoms with Crippen molar-refractivity contribution in [1.82, 2.24) is 15.2 Å². The highest BCUT2D eigenvalue weighted by atomic mass is 35.5. The van der Waals surface area contributed by atoms with Crippen LogP contribution >= 0.6 is 11.6 Å². The molecule has 1 atom stereocenters. The molecule has 0 amide bonds. The monoisotopic (exact) mass is 332 g/mol. The van der Waals surface area contributed by atoms with Crippen LogP contribution in [0.5, 0.6) is 0 Å². The Balaban J connectivity index is 1.85. The molecule has 120 valence electrons. The largest absolute Gasteiger partial charge is 0.314 e. The Kier molecular flexibility index (Phi) is 4.85. The molecule has 7 heteroatoms. The second-order valence-corrected chi connectivity index (χ2v) is 5.91. The average molecular weight is 333 g/mol. The van der Waals surface area contributed by atoms with Gasteiger partial charge in [-0.3, -0.25) is 20.0 Å². The fraction of sp³-hybridized carbons (Fsp3) is 0.312. The van der Waals surface area contributed by atoms with Gasteiger partial charge in [-0.2, -0.15) is 0 Å². The van der Waals surface area contributed by atoms with Gasteiger partial charge < -0.3 is 5.32 Å². The zero-order valence-corrected chi connectivity index (χ0v) is 13.2. The lowest BCUT2D eigenvalue weighted by Crippen LogP contribution is -2.45. The van der Waals surface area contributed by atoms with Crippen LogP contribution in [-0.4, -0.2) is 34.4 Å². The van der Waals surface area contributed by atoms with Crippen LogP contribution in [0.3, 0.4) is 0 Å². The van der Waals surface area contributed by atoms with Gasteiger partial charge >= 0.3 is 0 Å². The number of halogens is 1. The van der Waals surface area contributed by atoms with Gasteiger partial charge in [0.05, 0.1) is 4.92 Å². The summed E-state index contributed by atoms with van der Waals surface area (Å²) < 4.78 is 0. The Labute approximate surface area is 139 Å². The Hall–Kier alpha value is -2.02. The predicted molar refractivity (Wildman–Crippen MR) is 88.4 cm³/mol. The van der Waals surface area contributed by atoms with Crippen LogP contribution in [0.15, 0.2) is 42.7 Å². The average Bonchev–Trinajstić information content (AvgIpc) is 2.58. The van der Waals surface area contributed by atoms with E-state index in [9.17, 15) is 10.1 Å². The number of benzene rings is 1. The third-order valence-electron chi connectivity index (χ3n) is 4.06. The Morgan fingerprint density at radius 1 is 1.35 bits per heavy atom. The lowest BCUT2D eigenvalue weighted by molar-refractivity contribution is -0.384. The number of hydrogen-bond acceptors (Lipinski definition) is 5. The number of nitro benzene ring substituents is 1. The molecular formula is C16H17ClN4O2. The van der Waals surface area contributed by atoms with E-state index in [4.69, 9.17) is 11.6 Å². The molecular weight excluding hydrogens is 316 g/mol. The minimum atomic E-state index is -0.391. The highest BCUT2D eigenvalue weighted by molar-refractivity contribution is 6.31. The summed E-state index contributed by atoms with van der Waals surface area (Å²) in [4.78, 5) is 16.9. The molecule has 0 radical (unpaired) electrons. The van der Waals surface area contributed by atoms with E-state index in [1.165, 1.54) is 11.6 Å². The molecule has 1 aromatic heterocycles. The highest BCUT2D eigenvalue weighted by Crippen LogP contribution is 2.28. The number of hydrogen-bond donors (Lipinski definition) is 1. The number of rotatable bonds is 4. The standard InChI is InChI=1S/C16H17ClN4O2/c17-15-2-1-14(21(22)23)9-13(15)11-20-8-7-19-10-16(20)12-3-5-18-6-4-12/h1-6,9,16,19H,7-8,10-11H2. The quantitative estimate of drug-likeness (QED) is 0.688. The van der Waals surface area contributed by atoms with E-state index in [1.807, 2.05) is 12.1 Å². The number of piperazine rings is 1. The summed E-state index contributed by atoms with van der Waals surface area (Å²) in [5.74, 6) is 0. The van der Waals surface area contributed by atoms with Crippen molar-refractivity contribution in [1.29, 1.82) is 0 Å². The minimum Gasteiger partial charge on any atom is -0.314 e. The first-order valence-electron chi connectivity index (χ1n) is 7.42. The molecule has 2 heterocycles. The number of non-ortho nitro benzene ring substituents is 1. The molecule has 23 heavy (non-hydrogen) atoms. The van der Waals surface area contributed by atoms with Crippen LogP contribution < -0.4 is 5.32 Å². The molecule has 0 saturated carbocycles. The molecule has 1 fully saturated rings. The first-order valence-corrected chi connectivity index (χ1v) is 7.80. The fourth-order valence-electron chi connectivity index (χ4n) is 2.86. The lowest BCUT2D eigenvalue weighted by Gasteiger charge is -2.36. The summed E-state index contributed by atoms with van der Waals surface area (Å²) in [6.45, 7) is 3.14. The summed E-state index contributed by atoms with van der Waals surface area (Å²) in [5, 5.41) is 14.9. The number of nitro groups is 1. The van der Waals surface area contributed by atoms with Crippen LogP contribution in [0.1, 0.15) is 17.2 Å². The zero-order valence-electron chi connectivity index (χ0n) is 12.5. The van der Waals surface area contributed by atoms with Gasteiger partial charge in [0.1, 0.15) is 0 Å². The van der Waals surface area contributed by atoms with Gasteiger partial charge in [-0.1, -0.05) is 11.6 Å². The molecule has 1 N–H and O–H groups in total. The van der Waals surface area contributed by atoms with E-state index in [-0.39, 0.29) is 11.7 Å². The van der Waals surface area contributed by atoms with Gasteiger partial charge in [0.25, 0.3) is 5.69 Å².